The lowest BCUT2D eigenvalue weighted by Gasteiger charge is -2.31. The zero-order valence-electron chi connectivity index (χ0n) is 29.1. The predicted molar refractivity (Wildman–Crippen MR) is 176 cm³/mol. The maximum atomic E-state index is 12.0. The fraction of sp³-hybridized carbons (Fsp3) is 0.750. The quantitative estimate of drug-likeness (QED) is 0.0357. The van der Waals surface area contributed by atoms with Crippen LogP contribution < -0.4 is 21.3 Å². The van der Waals surface area contributed by atoms with E-state index >= 15 is 0 Å². The van der Waals surface area contributed by atoms with E-state index in [2.05, 4.69) is 49.0 Å². The van der Waals surface area contributed by atoms with Crippen LogP contribution in [0.3, 0.4) is 0 Å². The Balaban J connectivity index is 1.97. The highest BCUT2D eigenvalue weighted by molar-refractivity contribution is 6.13. The van der Waals surface area contributed by atoms with Crippen molar-refractivity contribution in [3.05, 3.63) is 12.2 Å². The lowest BCUT2D eigenvalue weighted by Crippen LogP contribution is -2.37. The zero-order valence-corrected chi connectivity index (χ0v) is 29.1. The van der Waals surface area contributed by atoms with Crippen molar-refractivity contribution >= 4 is 35.6 Å². The number of carbonyl (C=O) groups is 6. The Kier molecular flexibility index (Phi) is 21.7. The van der Waals surface area contributed by atoms with Crippen LogP contribution in [0.25, 0.3) is 0 Å². The van der Waals surface area contributed by atoms with Crippen molar-refractivity contribution in [2.45, 2.75) is 72.2 Å². The molecule has 2 unspecified atom stereocenters. The summed E-state index contributed by atoms with van der Waals surface area (Å²) in [7, 11) is 0. The van der Waals surface area contributed by atoms with Gasteiger partial charge in [-0.1, -0.05) is 27.7 Å². The molecule has 1 heterocycles. The lowest BCUT2D eigenvalue weighted by molar-refractivity contribution is -0.172. The van der Waals surface area contributed by atoms with Crippen LogP contribution in [0.2, 0.25) is 0 Å². The molecule has 17 heteroatoms. The van der Waals surface area contributed by atoms with E-state index in [0.717, 1.165) is 23.5 Å². The standard InChI is InChI=1S/C32H55N5O12/c1-23(2)19-32(3,4)20-24(21-38)49-30(44)22-48-31(45)36-10-7-25(39)33-11-12-34-27(41)9-15-46-17-18-47-16-13-35-26(40)8-14-37-28(42)5-6-29(37)43/h5-6,23-24,30,38,44H,7-22H2,1-4H3,(H,33,39)(H,34,41)(H,35,40)(H,36,45). The van der Waals surface area contributed by atoms with Gasteiger partial charge in [-0.2, -0.15) is 0 Å². The Bertz CT molecular complexity index is 1070. The number of rotatable bonds is 27. The molecule has 0 bridgehead atoms. The van der Waals surface area contributed by atoms with Crippen molar-refractivity contribution in [2.24, 2.45) is 11.3 Å². The number of amides is 6. The van der Waals surface area contributed by atoms with Crippen LogP contribution in [0, 0.1) is 11.3 Å². The van der Waals surface area contributed by atoms with Crippen LogP contribution >= 0.6 is 0 Å². The Morgan fingerprint density at radius 3 is 1.96 bits per heavy atom. The van der Waals surface area contributed by atoms with Crippen molar-refractivity contribution in [3.8, 4) is 0 Å². The number of alkyl carbamates (subject to hydrolysis) is 1. The number of hydrogen-bond acceptors (Lipinski definition) is 12. The van der Waals surface area contributed by atoms with Gasteiger partial charge < -0.3 is 50.4 Å². The van der Waals surface area contributed by atoms with Crippen LogP contribution in [0.5, 0.6) is 0 Å². The number of aliphatic hydroxyl groups excluding tert-OH is 2. The molecule has 0 spiro atoms. The summed E-state index contributed by atoms with van der Waals surface area (Å²) in [5.74, 6) is -1.31. The third kappa shape index (κ3) is 21.8. The molecule has 0 aromatic carbocycles. The highest BCUT2D eigenvalue weighted by atomic mass is 16.6. The lowest BCUT2D eigenvalue weighted by atomic mass is 9.79. The fourth-order valence-corrected chi connectivity index (χ4v) is 4.98. The van der Waals surface area contributed by atoms with Crippen molar-refractivity contribution in [1.29, 1.82) is 0 Å². The van der Waals surface area contributed by atoms with Crippen LogP contribution in [0.4, 0.5) is 4.79 Å². The molecule has 280 valence electrons. The Morgan fingerprint density at radius 2 is 1.35 bits per heavy atom. The van der Waals surface area contributed by atoms with Crippen molar-refractivity contribution in [1.82, 2.24) is 26.2 Å². The Labute approximate surface area is 287 Å². The summed E-state index contributed by atoms with van der Waals surface area (Å²) in [5.41, 5.74) is -0.103. The number of nitrogens with zero attached hydrogens (tertiary/aromatic N) is 1. The third-order valence-corrected chi connectivity index (χ3v) is 6.92. The van der Waals surface area contributed by atoms with E-state index in [1.165, 1.54) is 0 Å². The van der Waals surface area contributed by atoms with Gasteiger partial charge in [0.1, 0.15) is 6.61 Å². The first-order valence-electron chi connectivity index (χ1n) is 16.6. The van der Waals surface area contributed by atoms with Gasteiger partial charge in [0.25, 0.3) is 11.8 Å². The molecule has 17 nitrogen and oxygen atoms in total. The monoisotopic (exact) mass is 701 g/mol. The second-order valence-corrected chi connectivity index (χ2v) is 12.6. The highest BCUT2D eigenvalue weighted by Crippen LogP contribution is 2.31. The molecule has 0 saturated heterocycles. The van der Waals surface area contributed by atoms with Crippen LogP contribution in [-0.4, -0.2) is 136 Å². The number of carbonyl (C=O) groups excluding carboxylic acids is 6. The molecule has 49 heavy (non-hydrogen) atoms. The van der Waals surface area contributed by atoms with Gasteiger partial charge in [-0.15, -0.1) is 0 Å². The number of ether oxygens (including phenoxy) is 4. The Hall–Kier alpha value is -3.64. The average molecular weight is 702 g/mol. The van der Waals surface area contributed by atoms with Gasteiger partial charge in [0.15, 0.2) is 6.29 Å². The van der Waals surface area contributed by atoms with Crippen molar-refractivity contribution in [2.75, 3.05) is 72.4 Å². The van der Waals surface area contributed by atoms with Gasteiger partial charge in [0, 0.05) is 64.1 Å². The summed E-state index contributed by atoms with van der Waals surface area (Å²) in [4.78, 5) is 71.4. The smallest absolute Gasteiger partial charge is 0.407 e. The molecule has 1 aliphatic rings. The minimum absolute atomic E-state index is 0.00269. The maximum Gasteiger partial charge on any atom is 0.407 e. The summed E-state index contributed by atoms with van der Waals surface area (Å²) < 4.78 is 21.0. The molecule has 0 aromatic rings. The summed E-state index contributed by atoms with van der Waals surface area (Å²) in [6.07, 6.45) is 1.02. The van der Waals surface area contributed by atoms with Gasteiger partial charge in [0.2, 0.25) is 17.7 Å². The molecule has 1 aliphatic heterocycles. The van der Waals surface area contributed by atoms with Crippen molar-refractivity contribution in [3.63, 3.8) is 0 Å². The van der Waals surface area contributed by atoms with E-state index in [4.69, 9.17) is 18.9 Å². The van der Waals surface area contributed by atoms with E-state index < -0.39 is 36.9 Å². The van der Waals surface area contributed by atoms with Gasteiger partial charge in [-0.25, -0.2) is 4.79 Å². The molecule has 0 saturated carbocycles. The first-order chi connectivity index (χ1) is 23.2. The molecule has 2 atom stereocenters. The van der Waals surface area contributed by atoms with Gasteiger partial charge >= 0.3 is 6.09 Å². The number of hydrogen-bond donors (Lipinski definition) is 6. The summed E-state index contributed by atoms with van der Waals surface area (Å²) >= 11 is 0. The van der Waals surface area contributed by atoms with Crippen LogP contribution in [0.1, 0.15) is 59.8 Å². The minimum Gasteiger partial charge on any atom is -0.444 e. The molecule has 6 amide bonds. The van der Waals surface area contributed by atoms with Crippen molar-refractivity contribution < 1.29 is 57.9 Å². The Morgan fingerprint density at radius 1 is 0.776 bits per heavy atom. The normalized spacial score (nSPS) is 14.1. The SMILES string of the molecule is CC(C)CC(C)(C)CC(CO)OC(O)COC(=O)NCCC(=O)NCCNC(=O)CCOCCOCCNC(=O)CCN1C(=O)C=CC1=O. The molecule has 1 rings (SSSR count). The highest BCUT2D eigenvalue weighted by Gasteiger charge is 2.27. The molecule has 6 N–H and O–H groups in total. The summed E-state index contributed by atoms with van der Waals surface area (Å²) in [6, 6.07) is 0. The first kappa shape index (κ1) is 43.4. The second kappa shape index (κ2) is 24.5. The third-order valence-electron chi connectivity index (χ3n) is 6.92. The van der Waals surface area contributed by atoms with E-state index in [1.807, 2.05) is 0 Å². The van der Waals surface area contributed by atoms with E-state index in [9.17, 15) is 39.0 Å². The first-order valence-corrected chi connectivity index (χ1v) is 16.6. The van der Waals surface area contributed by atoms with E-state index in [-0.39, 0.29) is 108 Å². The molecule has 0 aromatic heterocycles. The minimum atomic E-state index is -1.41. The van der Waals surface area contributed by atoms with Crippen LogP contribution in [0.15, 0.2) is 12.2 Å². The maximum absolute atomic E-state index is 12.0. The van der Waals surface area contributed by atoms with Crippen LogP contribution in [-0.2, 0) is 42.9 Å². The molecule has 0 fully saturated rings. The predicted octanol–water partition coefficient (Wildman–Crippen LogP) is -0.652. The molecular formula is C32H55N5O12. The number of aliphatic hydroxyl groups is 2. The second-order valence-electron chi connectivity index (χ2n) is 12.6. The largest absolute Gasteiger partial charge is 0.444 e. The fourth-order valence-electron chi connectivity index (χ4n) is 4.98. The number of nitrogens with one attached hydrogen (secondary N) is 4. The number of imide groups is 1. The summed E-state index contributed by atoms with van der Waals surface area (Å²) in [5, 5.41) is 30.0. The van der Waals surface area contributed by atoms with Gasteiger partial charge in [-0.05, 0) is 24.2 Å². The molecule has 0 aliphatic carbocycles. The molecular weight excluding hydrogens is 646 g/mol. The zero-order chi connectivity index (χ0) is 36.7. The average Bonchev–Trinajstić information content (AvgIpc) is 3.35. The van der Waals surface area contributed by atoms with Gasteiger partial charge in [0.05, 0.1) is 39.1 Å². The van der Waals surface area contributed by atoms with E-state index in [0.29, 0.717) is 12.3 Å². The molecule has 0 radical (unpaired) electrons. The summed E-state index contributed by atoms with van der Waals surface area (Å²) in [6.45, 7) is 9.21. The van der Waals surface area contributed by atoms with Gasteiger partial charge in [-0.3, -0.25) is 28.9 Å². The van der Waals surface area contributed by atoms with E-state index in [1.54, 1.807) is 0 Å². The topological polar surface area (TPSA) is 231 Å².